The van der Waals surface area contributed by atoms with Crippen LogP contribution in [0.2, 0.25) is 0 Å². The minimum atomic E-state index is -0.302. The molecule has 104 valence electrons. The van der Waals surface area contributed by atoms with Gasteiger partial charge in [0.25, 0.3) is 11.5 Å². The van der Waals surface area contributed by atoms with Crippen LogP contribution in [0.4, 0.5) is 0 Å². The van der Waals surface area contributed by atoms with Crippen molar-refractivity contribution in [1.82, 2.24) is 9.88 Å². The number of halogens is 1. The standard InChI is InChI=1S/C15H15ClN2O2/c1-18-8-7-12(9-14(18)19)15(20)17-10-13(16)11-5-3-2-4-6-11/h2-9,13H,10H2,1H3,(H,17,20). The third-order valence-corrected chi connectivity index (χ3v) is 3.38. The van der Waals surface area contributed by atoms with Crippen molar-refractivity contribution in [3.05, 3.63) is 70.1 Å². The molecule has 1 aromatic heterocycles. The molecule has 1 N–H and O–H groups in total. The lowest BCUT2D eigenvalue weighted by molar-refractivity contribution is 0.0953. The number of hydrogen-bond donors (Lipinski definition) is 1. The number of nitrogens with zero attached hydrogens (tertiary/aromatic N) is 1. The average Bonchev–Trinajstić information content (AvgIpc) is 2.48. The molecule has 0 radical (unpaired) electrons. The summed E-state index contributed by atoms with van der Waals surface area (Å²) in [6.07, 6.45) is 1.56. The molecular weight excluding hydrogens is 276 g/mol. The Labute approximate surface area is 122 Å². The molecule has 4 nitrogen and oxygen atoms in total. The van der Waals surface area contributed by atoms with Crippen LogP contribution in [0.25, 0.3) is 0 Å². The smallest absolute Gasteiger partial charge is 0.251 e. The zero-order valence-electron chi connectivity index (χ0n) is 11.0. The molecule has 0 bridgehead atoms. The van der Waals surface area contributed by atoms with Crippen molar-refractivity contribution in [2.45, 2.75) is 5.38 Å². The molecule has 1 aromatic carbocycles. The molecule has 0 aliphatic heterocycles. The van der Waals surface area contributed by atoms with Crippen molar-refractivity contribution < 1.29 is 4.79 Å². The van der Waals surface area contributed by atoms with Gasteiger partial charge in [0.15, 0.2) is 0 Å². The topological polar surface area (TPSA) is 51.1 Å². The van der Waals surface area contributed by atoms with Crippen molar-refractivity contribution in [2.75, 3.05) is 6.54 Å². The Morgan fingerprint density at radius 2 is 2.00 bits per heavy atom. The molecule has 1 unspecified atom stereocenters. The first-order chi connectivity index (χ1) is 9.58. The van der Waals surface area contributed by atoms with E-state index in [-0.39, 0.29) is 16.8 Å². The molecule has 0 fully saturated rings. The lowest BCUT2D eigenvalue weighted by Crippen LogP contribution is -2.28. The normalized spacial score (nSPS) is 11.9. The lowest BCUT2D eigenvalue weighted by Gasteiger charge is -2.11. The van der Waals surface area contributed by atoms with E-state index in [0.717, 1.165) is 5.56 Å². The zero-order chi connectivity index (χ0) is 14.5. The maximum atomic E-state index is 11.9. The molecule has 2 rings (SSSR count). The summed E-state index contributed by atoms with van der Waals surface area (Å²) in [6, 6.07) is 12.4. The van der Waals surface area contributed by atoms with Crippen LogP contribution in [-0.4, -0.2) is 17.0 Å². The Morgan fingerprint density at radius 3 is 2.65 bits per heavy atom. The Kier molecular flexibility index (Phi) is 4.58. The van der Waals surface area contributed by atoms with Crippen LogP contribution in [0, 0.1) is 0 Å². The molecule has 0 saturated heterocycles. The van der Waals surface area contributed by atoms with E-state index in [9.17, 15) is 9.59 Å². The highest BCUT2D eigenvalue weighted by molar-refractivity contribution is 6.21. The van der Waals surface area contributed by atoms with Gasteiger partial charge in [-0.3, -0.25) is 9.59 Å². The number of aromatic nitrogens is 1. The maximum absolute atomic E-state index is 11.9. The summed E-state index contributed by atoms with van der Waals surface area (Å²) in [7, 11) is 1.63. The highest BCUT2D eigenvalue weighted by Gasteiger charge is 2.11. The van der Waals surface area contributed by atoms with Crippen molar-refractivity contribution in [2.24, 2.45) is 7.05 Å². The molecular formula is C15H15ClN2O2. The number of pyridine rings is 1. The number of amides is 1. The van der Waals surface area contributed by atoms with Gasteiger partial charge in [-0.2, -0.15) is 0 Å². The van der Waals surface area contributed by atoms with Gasteiger partial charge in [0.05, 0.1) is 5.38 Å². The number of carbonyl (C=O) groups excluding carboxylic acids is 1. The van der Waals surface area contributed by atoms with Gasteiger partial charge in [-0.25, -0.2) is 0 Å². The van der Waals surface area contributed by atoms with E-state index < -0.39 is 0 Å². The van der Waals surface area contributed by atoms with Gasteiger partial charge in [0.2, 0.25) is 0 Å². The summed E-state index contributed by atoms with van der Waals surface area (Å²) in [5.41, 5.74) is 1.06. The number of alkyl halides is 1. The van der Waals surface area contributed by atoms with Crippen LogP contribution < -0.4 is 10.9 Å². The monoisotopic (exact) mass is 290 g/mol. The van der Waals surface area contributed by atoms with E-state index in [1.54, 1.807) is 19.3 Å². The van der Waals surface area contributed by atoms with Crippen LogP contribution in [0.1, 0.15) is 21.3 Å². The summed E-state index contributed by atoms with van der Waals surface area (Å²) < 4.78 is 1.41. The molecule has 0 aliphatic carbocycles. The van der Waals surface area contributed by atoms with Crippen LogP contribution in [0.5, 0.6) is 0 Å². The van der Waals surface area contributed by atoms with E-state index in [1.165, 1.54) is 10.6 Å². The maximum Gasteiger partial charge on any atom is 0.251 e. The lowest BCUT2D eigenvalue weighted by atomic mass is 10.1. The fourth-order valence-corrected chi connectivity index (χ4v) is 1.98. The number of carbonyl (C=O) groups is 1. The molecule has 1 atom stereocenters. The summed E-state index contributed by atoms with van der Waals surface area (Å²) in [5.74, 6) is -0.302. The minimum absolute atomic E-state index is 0.219. The van der Waals surface area contributed by atoms with E-state index in [0.29, 0.717) is 12.1 Å². The van der Waals surface area contributed by atoms with Gasteiger partial charge in [0, 0.05) is 31.4 Å². The van der Waals surface area contributed by atoms with E-state index in [2.05, 4.69) is 5.32 Å². The summed E-state index contributed by atoms with van der Waals surface area (Å²) in [6.45, 7) is 0.305. The Balaban J connectivity index is 1.98. The molecule has 0 saturated carbocycles. The second kappa shape index (κ2) is 6.39. The number of aryl methyl sites for hydroxylation is 1. The summed E-state index contributed by atoms with van der Waals surface area (Å²) in [4.78, 5) is 23.4. The van der Waals surface area contributed by atoms with Crippen LogP contribution >= 0.6 is 11.6 Å². The second-order valence-electron chi connectivity index (χ2n) is 4.45. The molecule has 1 heterocycles. The first-order valence-electron chi connectivity index (χ1n) is 6.22. The third kappa shape index (κ3) is 3.48. The van der Waals surface area contributed by atoms with Crippen LogP contribution in [0.15, 0.2) is 53.5 Å². The van der Waals surface area contributed by atoms with Gasteiger partial charge >= 0.3 is 0 Å². The van der Waals surface area contributed by atoms with E-state index >= 15 is 0 Å². The minimum Gasteiger partial charge on any atom is -0.350 e. The first-order valence-corrected chi connectivity index (χ1v) is 6.65. The fourth-order valence-electron chi connectivity index (χ4n) is 1.75. The SMILES string of the molecule is Cn1ccc(C(=O)NCC(Cl)c2ccccc2)cc1=O. The van der Waals surface area contributed by atoms with Crippen molar-refractivity contribution in [1.29, 1.82) is 0 Å². The largest absolute Gasteiger partial charge is 0.350 e. The summed E-state index contributed by atoms with van der Waals surface area (Å²) in [5, 5.41) is 2.43. The van der Waals surface area contributed by atoms with E-state index in [4.69, 9.17) is 11.6 Å². The van der Waals surface area contributed by atoms with Crippen molar-refractivity contribution in [3.63, 3.8) is 0 Å². The molecule has 1 amide bonds. The molecule has 20 heavy (non-hydrogen) atoms. The van der Waals surface area contributed by atoms with Gasteiger partial charge in [-0.1, -0.05) is 30.3 Å². The molecule has 0 spiro atoms. The van der Waals surface area contributed by atoms with Crippen molar-refractivity contribution >= 4 is 17.5 Å². The van der Waals surface area contributed by atoms with Crippen LogP contribution in [0.3, 0.4) is 0 Å². The first kappa shape index (κ1) is 14.3. The third-order valence-electron chi connectivity index (χ3n) is 2.97. The molecule has 2 aromatic rings. The quantitative estimate of drug-likeness (QED) is 0.877. The Bertz CT molecular complexity index is 652. The van der Waals surface area contributed by atoms with Gasteiger partial charge < -0.3 is 9.88 Å². The average molecular weight is 291 g/mol. The predicted molar refractivity (Wildman–Crippen MR) is 79.1 cm³/mol. The fraction of sp³-hybridized carbons (Fsp3) is 0.200. The number of benzene rings is 1. The highest BCUT2D eigenvalue weighted by Crippen LogP contribution is 2.18. The summed E-state index contributed by atoms with van der Waals surface area (Å²) >= 11 is 6.21. The molecule has 5 heteroatoms. The molecule has 0 aliphatic rings. The van der Waals surface area contributed by atoms with Gasteiger partial charge in [-0.05, 0) is 11.6 Å². The predicted octanol–water partition coefficient (Wildman–Crippen LogP) is 2.10. The van der Waals surface area contributed by atoms with E-state index in [1.807, 2.05) is 30.3 Å². The van der Waals surface area contributed by atoms with Gasteiger partial charge in [0.1, 0.15) is 0 Å². The zero-order valence-corrected chi connectivity index (χ0v) is 11.8. The number of hydrogen-bond acceptors (Lipinski definition) is 2. The Morgan fingerprint density at radius 1 is 1.30 bits per heavy atom. The number of nitrogens with one attached hydrogen (secondary N) is 1. The highest BCUT2D eigenvalue weighted by atomic mass is 35.5. The number of rotatable bonds is 4. The van der Waals surface area contributed by atoms with Gasteiger partial charge in [-0.15, -0.1) is 11.6 Å². The Hall–Kier alpha value is -2.07. The van der Waals surface area contributed by atoms with Crippen molar-refractivity contribution in [3.8, 4) is 0 Å². The second-order valence-corrected chi connectivity index (χ2v) is 4.98. The van der Waals surface area contributed by atoms with Crippen LogP contribution in [-0.2, 0) is 7.05 Å².